The molecule has 0 fully saturated rings. The third kappa shape index (κ3) is 5.10. The number of halogens is 1. The van der Waals surface area contributed by atoms with E-state index in [0.29, 0.717) is 40.6 Å². The van der Waals surface area contributed by atoms with Gasteiger partial charge in [0.2, 0.25) is 0 Å². The summed E-state index contributed by atoms with van der Waals surface area (Å²) < 4.78 is 5.57. The summed E-state index contributed by atoms with van der Waals surface area (Å²) in [6, 6.07) is 22.4. The normalized spacial score (nSPS) is 13.6. The number of nitrogens with zero attached hydrogens (tertiary/aromatic N) is 1. The molecule has 0 aromatic heterocycles. The molecule has 3 aromatic carbocycles. The standard InChI is InChI=1S/C27H25ClN2O3/c1-3-33-23-6-4-5-22(17-23)29-25-24(20-11-7-18(2)8-12-20)26(31)30(27(25)32)16-15-19-9-13-21(28)14-10-19/h4-14,17,29H,3,15-16H2,1-2H3. The summed E-state index contributed by atoms with van der Waals surface area (Å²) in [5, 5.41) is 3.84. The number of hydrogen-bond acceptors (Lipinski definition) is 4. The molecule has 5 nitrogen and oxygen atoms in total. The Morgan fingerprint density at radius 3 is 2.36 bits per heavy atom. The van der Waals surface area contributed by atoms with E-state index in [0.717, 1.165) is 11.1 Å². The lowest BCUT2D eigenvalue weighted by atomic mass is 10.0. The van der Waals surface area contributed by atoms with Crippen LogP contribution in [0.5, 0.6) is 5.75 Å². The molecule has 0 spiro atoms. The molecule has 4 rings (SSSR count). The van der Waals surface area contributed by atoms with Crippen molar-refractivity contribution >= 4 is 34.7 Å². The van der Waals surface area contributed by atoms with Crippen LogP contribution in [-0.4, -0.2) is 29.9 Å². The summed E-state index contributed by atoms with van der Waals surface area (Å²) in [5.74, 6) is 0.0454. The predicted molar refractivity (Wildman–Crippen MR) is 131 cm³/mol. The van der Waals surface area contributed by atoms with Gasteiger partial charge >= 0.3 is 0 Å². The molecule has 2 amide bonds. The van der Waals surface area contributed by atoms with E-state index < -0.39 is 0 Å². The molecule has 33 heavy (non-hydrogen) atoms. The van der Waals surface area contributed by atoms with E-state index in [9.17, 15) is 9.59 Å². The highest BCUT2D eigenvalue weighted by atomic mass is 35.5. The van der Waals surface area contributed by atoms with Crippen LogP contribution < -0.4 is 10.1 Å². The number of hydrogen-bond donors (Lipinski definition) is 1. The highest BCUT2D eigenvalue weighted by Crippen LogP contribution is 2.31. The van der Waals surface area contributed by atoms with Crippen LogP contribution in [0.2, 0.25) is 5.02 Å². The van der Waals surface area contributed by atoms with Gasteiger partial charge in [-0.25, -0.2) is 0 Å². The number of nitrogens with one attached hydrogen (secondary N) is 1. The third-order valence-electron chi connectivity index (χ3n) is 5.46. The maximum Gasteiger partial charge on any atom is 0.278 e. The van der Waals surface area contributed by atoms with Crippen molar-refractivity contribution in [3.05, 3.63) is 100 Å². The Labute approximate surface area is 198 Å². The van der Waals surface area contributed by atoms with Gasteiger partial charge in [-0.3, -0.25) is 14.5 Å². The maximum atomic E-state index is 13.4. The second kappa shape index (κ2) is 9.92. The van der Waals surface area contributed by atoms with Gasteiger partial charge in [0.25, 0.3) is 11.8 Å². The lowest BCUT2D eigenvalue weighted by Gasteiger charge is -2.15. The maximum absolute atomic E-state index is 13.4. The van der Waals surface area contributed by atoms with Crippen molar-refractivity contribution in [2.75, 3.05) is 18.5 Å². The largest absolute Gasteiger partial charge is 0.494 e. The van der Waals surface area contributed by atoms with Gasteiger partial charge in [-0.2, -0.15) is 0 Å². The fourth-order valence-electron chi connectivity index (χ4n) is 3.75. The minimum Gasteiger partial charge on any atom is -0.494 e. The van der Waals surface area contributed by atoms with Crippen molar-refractivity contribution in [3.8, 4) is 5.75 Å². The number of rotatable bonds is 8. The zero-order chi connectivity index (χ0) is 23.4. The van der Waals surface area contributed by atoms with E-state index in [1.807, 2.05) is 74.5 Å². The fourth-order valence-corrected chi connectivity index (χ4v) is 3.88. The Kier molecular flexibility index (Phi) is 6.80. The van der Waals surface area contributed by atoms with Crippen LogP contribution in [0, 0.1) is 6.92 Å². The van der Waals surface area contributed by atoms with Crippen LogP contribution >= 0.6 is 11.6 Å². The van der Waals surface area contributed by atoms with Gasteiger partial charge in [-0.1, -0.05) is 59.6 Å². The summed E-state index contributed by atoms with van der Waals surface area (Å²) >= 11 is 5.97. The summed E-state index contributed by atoms with van der Waals surface area (Å²) in [6.07, 6.45) is 0.545. The third-order valence-corrected chi connectivity index (χ3v) is 5.71. The first-order valence-electron chi connectivity index (χ1n) is 10.9. The van der Waals surface area contributed by atoms with Gasteiger partial charge in [0.15, 0.2) is 0 Å². The van der Waals surface area contributed by atoms with Crippen molar-refractivity contribution in [2.24, 2.45) is 0 Å². The van der Waals surface area contributed by atoms with Crippen LogP contribution in [0.1, 0.15) is 23.6 Å². The molecule has 0 unspecified atom stereocenters. The van der Waals surface area contributed by atoms with Crippen molar-refractivity contribution in [3.63, 3.8) is 0 Å². The van der Waals surface area contributed by atoms with Crippen molar-refractivity contribution in [2.45, 2.75) is 20.3 Å². The Morgan fingerprint density at radius 1 is 0.939 bits per heavy atom. The van der Waals surface area contributed by atoms with Crippen LogP contribution in [0.15, 0.2) is 78.5 Å². The molecule has 0 radical (unpaired) electrons. The predicted octanol–water partition coefficient (Wildman–Crippen LogP) is 5.48. The molecular formula is C27H25ClN2O3. The van der Waals surface area contributed by atoms with E-state index in [2.05, 4.69) is 5.32 Å². The number of ether oxygens (including phenoxy) is 1. The molecule has 0 bridgehead atoms. The van der Waals surface area contributed by atoms with Crippen molar-refractivity contribution in [1.82, 2.24) is 4.90 Å². The van der Waals surface area contributed by atoms with Crippen molar-refractivity contribution < 1.29 is 14.3 Å². The lowest BCUT2D eigenvalue weighted by Crippen LogP contribution is -2.34. The first kappa shape index (κ1) is 22.6. The van der Waals surface area contributed by atoms with Gasteiger partial charge in [0, 0.05) is 23.3 Å². The van der Waals surface area contributed by atoms with E-state index in [1.54, 1.807) is 12.1 Å². The van der Waals surface area contributed by atoms with E-state index in [4.69, 9.17) is 16.3 Å². The highest BCUT2D eigenvalue weighted by Gasteiger charge is 2.38. The number of aryl methyl sites for hydroxylation is 1. The number of carbonyl (C=O) groups excluding carboxylic acids is 2. The first-order chi connectivity index (χ1) is 16.0. The number of benzene rings is 3. The molecule has 168 valence electrons. The van der Waals surface area contributed by atoms with Gasteiger partial charge in [-0.05, 0) is 55.7 Å². The second-order valence-electron chi connectivity index (χ2n) is 7.84. The lowest BCUT2D eigenvalue weighted by molar-refractivity contribution is -0.136. The van der Waals surface area contributed by atoms with E-state index in [-0.39, 0.29) is 24.1 Å². The van der Waals surface area contributed by atoms with Crippen LogP contribution in [-0.2, 0) is 16.0 Å². The van der Waals surface area contributed by atoms with Crippen LogP contribution in [0.25, 0.3) is 5.57 Å². The molecule has 1 heterocycles. The number of anilines is 1. The van der Waals surface area contributed by atoms with Gasteiger partial charge < -0.3 is 10.1 Å². The van der Waals surface area contributed by atoms with Crippen LogP contribution in [0.4, 0.5) is 5.69 Å². The summed E-state index contributed by atoms with van der Waals surface area (Å²) in [5.41, 5.74) is 4.11. The molecule has 1 aliphatic heterocycles. The van der Waals surface area contributed by atoms with E-state index >= 15 is 0 Å². The number of carbonyl (C=O) groups is 2. The van der Waals surface area contributed by atoms with Crippen molar-refractivity contribution in [1.29, 1.82) is 0 Å². The number of imide groups is 1. The molecule has 0 atom stereocenters. The van der Waals surface area contributed by atoms with Gasteiger partial charge in [0.1, 0.15) is 11.4 Å². The zero-order valence-electron chi connectivity index (χ0n) is 18.6. The molecule has 1 aliphatic rings. The fraction of sp³-hybridized carbons (Fsp3) is 0.185. The summed E-state index contributed by atoms with van der Waals surface area (Å²) in [6.45, 7) is 4.71. The monoisotopic (exact) mass is 460 g/mol. The first-order valence-corrected chi connectivity index (χ1v) is 11.3. The Bertz CT molecular complexity index is 1200. The Hall–Kier alpha value is -3.57. The smallest absolute Gasteiger partial charge is 0.278 e. The van der Waals surface area contributed by atoms with Gasteiger partial charge in [-0.15, -0.1) is 0 Å². The highest BCUT2D eigenvalue weighted by molar-refractivity contribution is 6.36. The SMILES string of the molecule is CCOc1cccc(NC2=C(c3ccc(C)cc3)C(=O)N(CCc3ccc(Cl)cc3)C2=O)c1. The topological polar surface area (TPSA) is 58.6 Å². The molecule has 1 N–H and O–H groups in total. The van der Waals surface area contributed by atoms with Gasteiger partial charge in [0.05, 0.1) is 12.2 Å². The molecule has 6 heteroatoms. The summed E-state index contributed by atoms with van der Waals surface area (Å²) in [4.78, 5) is 28.1. The molecule has 3 aromatic rings. The second-order valence-corrected chi connectivity index (χ2v) is 8.28. The average Bonchev–Trinajstić information content (AvgIpc) is 3.04. The number of amides is 2. The minimum atomic E-state index is -0.341. The molecular weight excluding hydrogens is 436 g/mol. The Balaban J connectivity index is 1.65. The minimum absolute atomic E-state index is 0.272. The molecule has 0 saturated carbocycles. The summed E-state index contributed by atoms with van der Waals surface area (Å²) in [7, 11) is 0. The van der Waals surface area contributed by atoms with Crippen LogP contribution in [0.3, 0.4) is 0 Å². The van der Waals surface area contributed by atoms with E-state index in [1.165, 1.54) is 4.90 Å². The molecule has 0 saturated heterocycles. The quantitative estimate of drug-likeness (QED) is 0.452. The molecule has 0 aliphatic carbocycles. The Morgan fingerprint density at radius 2 is 1.67 bits per heavy atom. The average molecular weight is 461 g/mol. The zero-order valence-corrected chi connectivity index (χ0v) is 19.4.